The lowest BCUT2D eigenvalue weighted by Gasteiger charge is -2.04. The SMILES string of the molecule is C.C#CC.C#CCOCC#CC.Cc1cc(C)c2c(c1)COC2.Cc1ccc2c(c1C)COC2. The first-order valence-corrected chi connectivity index (χ1v) is 11.0. The van der Waals surface area contributed by atoms with Crippen LogP contribution in [0.2, 0.25) is 0 Å². The minimum absolute atomic E-state index is 0. The van der Waals surface area contributed by atoms with Crippen LogP contribution in [0, 0.1) is 64.2 Å². The van der Waals surface area contributed by atoms with Gasteiger partial charge in [-0.15, -0.1) is 24.7 Å². The lowest BCUT2D eigenvalue weighted by Crippen LogP contribution is -1.90. The van der Waals surface area contributed by atoms with E-state index in [1.54, 1.807) is 13.8 Å². The lowest BCUT2D eigenvalue weighted by molar-refractivity contribution is 0.134. The third-order valence-electron chi connectivity index (χ3n) is 5.22. The maximum absolute atomic E-state index is 5.35. The predicted octanol–water partition coefficient (Wildman–Crippen LogP) is 6.60. The molecule has 2 aliphatic heterocycles. The van der Waals surface area contributed by atoms with Crippen molar-refractivity contribution < 1.29 is 14.2 Å². The number of rotatable bonds is 2. The number of benzene rings is 2. The van der Waals surface area contributed by atoms with Gasteiger partial charge in [0.1, 0.15) is 13.2 Å². The van der Waals surface area contributed by atoms with Crippen molar-refractivity contribution >= 4 is 0 Å². The summed E-state index contributed by atoms with van der Waals surface area (Å²) >= 11 is 0. The number of hydrogen-bond acceptors (Lipinski definition) is 3. The van der Waals surface area contributed by atoms with E-state index in [0.29, 0.717) is 13.2 Å². The predicted molar refractivity (Wildman–Crippen MR) is 143 cm³/mol. The highest BCUT2D eigenvalue weighted by Gasteiger charge is 2.14. The molecule has 0 atom stereocenters. The Labute approximate surface area is 208 Å². The average Bonchev–Trinajstić information content (AvgIpc) is 3.45. The minimum atomic E-state index is 0. The molecule has 0 saturated heterocycles. The highest BCUT2D eigenvalue weighted by Crippen LogP contribution is 2.25. The van der Waals surface area contributed by atoms with Gasteiger partial charge in [-0.1, -0.05) is 49.1 Å². The quantitative estimate of drug-likeness (QED) is 0.373. The Bertz CT molecular complexity index is 1040. The van der Waals surface area contributed by atoms with Crippen molar-refractivity contribution in [3.8, 4) is 36.5 Å². The molecule has 0 aromatic heterocycles. The molecule has 4 rings (SSSR count). The topological polar surface area (TPSA) is 27.7 Å². The molecular formula is C31H40O3. The number of terminal acetylenes is 2. The summed E-state index contributed by atoms with van der Waals surface area (Å²) in [6.45, 7) is 16.0. The van der Waals surface area contributed by atoms with E-state index in [1.807, 2.05) is 0 Å². The van der Waals surface area contributed by atoms with Gasteiger partial charge in [0, 0.05) is 0 Å². The van der Waals surface area contributed by atoms with E-state index in [4.69, 9.17) is 20.6 Å². The van der Waals surface area contributed by atoms with Crippen LogP contribution >= 0.6 is 0 Å². The number of hydrogen-bond donors (Lipinski definition) is 0. The standard InChI is InChI=1S/2C10H12O.C7H8O.C3H4.CH4/c1-7-3-8(2)10-6-11-5-9(10)4-7;1-7-3-4-9-5-11-6-10(9)8(7)2;1-3-5-7-8-6-4-2;1-3-2;/h2*3-4H,5-6H2,1-2H3;2H,6-7H2,1H3;1H,2H3;1H4. The monoisotopic (exact) mass is 460 g/mol. The first-order chi connectivity index (χ1) is 15.9. The molecular weight excluding hydrogens is 420 g/mol. The lowest BCUT2D eigenvalue weighted by atomic mass is 10.0. The van der Waals surface area contributed by atoms with E-state index in [-0.39, 0.29) is 7.43 Å². The molecule has 2 aromatic rings. The molecule has 3 heteroatoms. The largest absolute Gasteiger partial charge is 0.372 e. The van der Waals surface area contributed by atoms with Gasteiger partial charge in [-0.3, -0.25) is 0 Å². The van der Waals surface area contributed by atoms with Crippen LogP contribution in [-0.2, 0) is 40.6 Å². The third kappa shape index (κ3) is 10.3. The summed E-state index contributed by atoms with van der Waals surface area (Å²) in [7, 11) is 0. The Morgan fingerprint density at radius 2 is 1.44 bits per heavy atom. The van der Waals surface area contributed by atoms with Crippen LogP contribution in [0.25, 0.3) is 0 Å². The normalized spacial score (nSPS) is 11.5. The molecule has 2 heterocycles. The van der Waals surface area contributed by atoms with Crippen molar-refractivity contribution in [1.29, 1.82) is 0 Å². The summed E-state index contributed by atoms with van der Waals surface area (Å²) in [6.07, 6.45) is 9.48. The second-order valence-corrected chi connectivity index (χ2v) is 7.76. The van der Waals surface area contributed by atoms with Gasteiger partial charge in [-0.25, -0.2) is 0 Å². The summed E-state index contributed by atoms with van der Waals surface area (Å²) < 4.78 is 15.5. The Kier molecular flexibility index (Phi) is 15.9. The average molecular weight is 461 g/mol. The Morgan fingerprint density at radius 3 is 2.06 bits per heavy atom. The van der Waals surface area contributed by atoms with Crippen LogP contribution in [0.15, 0.2) is 24.3 Å². The summed E-state index contributed by atoms with van der Waals surface area (Å²) in [5, 5.41) is 0. The smallest absolute Gasteiger partial charge is 0.109 e. The van der Waals surface area contributed by atoms with E-state index in [0.717, 1.165) is 26.4 Å². The molecule has 2 aliphatic rings. The van der Waals surface area contributed by atoms with Crippen LogP contribution in [-0.4, -0.2) is 13.2 Å². The Morgan fingerprint density at radius 1 is 0.824 bits per heavy atom. The number of fused-ring (bicyclic) bond motifs is 2. The van der Waals surface area contributed by atoms with Gasteiger partial charge in [0.15, 0.2) is 0 Å². The minimum Gasteiger partial charge on any atom is -0.372 e. The molecule has 0 bridgehead atoms. The van der Waals surface area contributed by atoms with Crippen molar-refractivity contribution in [1.82, 2.24) is 0 Å². The van der Waals surface area contributed by atoms with Crippen molar-refractivity contribution in [3.63, 3.8) is 0 Å². The second-order valence-electron chi connectivity index (χ2n) is 7.76. The summed E-state index contributed by atoms with van der Waals surface area (Å²) in [5.41, 5.74) is 11.0. The molecule has 2 aromatic carbocycles. The van der Waals surface area contributed by atoms with Crippen LogP contribution in [0.4, 0.5) is 0 Å². The molecule has 182 valence electrons. The van der Waals surface area contributed by atoms with Crippen molar-refractivity contribution in [3.05, 3.63) is 68.8 Å². The molecule has 0 radical (unpaired) electrons. The van der Waals surface area contributed by atoms with E-state index in [1.165, 1.54) is 44.5 Å². The Balaban J connectivity index is 0.000000454. The van der Waals surface area contributed by atoms with Gasteiger partial charge in [0.25, 0.3) is 0 Å². The fourth-order valence-corrected chi connectivity index (χ4v) is 3.45. The van der Waals surface area contributed by atoms with Gasteiger partial charge < -0.3 is 14.2 Å². The fourth-order valence-electron chi connectivity index (χ4n) is 3.45. The molecule has 34 heavy (non-hydrogen) atoms. The summed E-state index contributed by atoms with van der Waals surface area (Å²) in [4.78, 5) is 0. The molecule has 0 aliphatic carbocycles. The van der Waals surface area contributed by atoms with Gasteiger partial charge in [0.2, 0.25) is 0 Å². The first kappa shape index (κ1) is 31.0. The van der Waals surface area contributed by atoms with Crippen molar-refractivity contribution in [2.45, 2.75) is 75.4 Å². The van der Waals surface area contributed by atoms with Crippen molar-refractivity contribution in [2.24, 2.45) is 0 Å². The van der Waals surface area contributed by atoms with Crippen LogP contribution in [0.1, 0.15) is 65.8 Å². The molecule has 0 N–H and O–H groups in total. The molecule has 0 unspecified atom stereocenters. The molecule has 0 amide bonds. The van der Waals surface area contributed by atoms with Gasteiger partial charge in [0.05, 0.1) is 26.4 Å². The van der Waals surface area contributed by atoms with Gasteiger partial charge in [-0.2, -0.15) is 0 Å². The van der Waals surface area contributed by atoms with E-state index < -0.39 is 0 Å². The van der Waals surface area contributed by atoms with Crippen LogP contribution < -0.4 is 0 Å². The maximum Gasteiger partial charge on any atom is 0.109 e. The first-order valence-electron chi connectivity index (χ1n) is 11.0. The number of ether oxygens (including phenoxy) is 3. The number of aryl methyl sites for hydroxylation is 3. The van der Waals surface area contributed by atoms with Crippen molar-refractivity contribution in [2.75, 3.05) is 13.2 Å². The zero-order valence-electron chi connectivity index (χ0n) is 20.9. The van der Waals surface area contributed by atoms with Gasteiger partial charge >= 0.3 is 0 Å². The molecule has 0 fully saturated rings. The van der Waals surface area contributed by atoms with Crippen LogP contribution in [0.3, 0.4) is 0 Å². The van der Waals surface area contributed by atoms with Crippen LogP contribution in [0.5, 0.6) is 0 Å². The van der Waals surface area contributed by atoms with Gasteiger partial charge in [-0.05, 0) is 80.5 Å². The second kappa shape index (κ2) is 17.5. The van der Waals surface area contributed by atoms with E-state index in [2.05, 4.69) is 82.1 Å². The fraction of sp³-hybridized carbons (Fsp3) is 0.419. The molecule has 0 spiro atoms. The highest BCUT2D eigenvalue weighted by molar-refractivity contribution is 5.40. The third-order valence-corrected chi connectivity index (χ3v) is 5.22. The Hall–Kier alpha value is -3.00. The molecule has 3 nitrogen and oxygen atoms in total. The highest BCUT2D eigenvalue weighted by atomic mass is 16.5. The summed E-state index contributed by atoms with van der Waals surface area (Å²) in [6, 6.07) is 8.77. The summed E-state index contributed by atoms with van der Waals surface area (Å²) in [5.74, 6) is 9.98. The zero-order valence-corrected chi connectivity index (χ0v) is 20.9. The van der Waals surface area contributed by atoms with E-state index >= 15 is 0 Å². The molecule has 0 saturated carbocycles. The van der Waals surface area contributed by atoms with E-state index in [9.17, 15) is 0 Å². The maximum atomic E-state index is 5.35. The zero-order chi connectivity index (χ0) is 24.6.